The van der Waals surface area contributed by atoms with E-state index >= 15 is 0 Å². The number of likely N-dealkylation sites (tertiary alicyclic amines) is 2. The average molecular weight is 482 g/mol. The molecule has 0 atom stereocenters. The highest BCUT2D eigenvalue weighted by Crippen LogP contribution is 2.42. The Kier molecular flexibility index (Phi) is 6.32. The number of benzene rings is 1. The number of amides is 1. The van der Waals surface area contributed by atoms with Crippen molar-refractivity contribution in [1.29, 1.82) is 0 Å². The van der Waals surface area contributed by atoms with Gasteiger partial charge in [-0.2, -0.15) is 26.3 Å². The molecule has 1 aromatic carbocycles. The van der Waals surface area contributed by atoms with Crippen LogP contribution >= 0.6 is 0 Å². The summed E-state index contributed by atoms with van der Waals surface area (Å²) in [5.41, 5.74) is 0.931. The largest absolute Gasteiger partial charge is 0.486 e. The minimum atomic E-state index is -5.72. The number of carbonyl (C=O) groups excluding carboxylic acids is 1. The number of hydrogen-bond acceptors (Lipinski definition) is 5. The molecule has 0 unspecified atom stereocenters. The van der Waals surface area contributed by atoms with Crippen LogP contribution in [0.4, 0.5) is 31.1 Å². The number of nitrogens with zero attached hydrogens (tertiary/aromatic N) is 2. The van der Waals surface area contributed by atoms with E-state index < -0.39 is 24.5 Å². The van der Waals surface area contributed by atoms with Crippen LogP contribution in [-0.2, 0) is 11.3 Å². The molecular weight excluding hydrogens is 458 g/mol. The molecule has 0 bridgehead atoms. The second kappa shape index (κ2) is 8.77. The van der Waals surface area contributed by atoms with E-state index in [1.54, 1.807) is 0 Å². The number of alkyl halides is 6. The molecule has 12 heteroatoms. The van der Waals surface area contributed by atoms with Crippen LogP contribution < -0.4 is 9.47 Å². The molecule has 2 saturated heterocycles. The smallest absolute Gasteiger partial charge is 0.434 e. The Balaban J connectivity index is 1.30. The summed E-state index contributed by atoms with van der Waals surface area (Å²) >= 11 is 0. The molecule has 0 aromatic heterocycles. The fourth-order valence-electron chi connectivity index (χ4n) is 4.67. The predicted molar refractivity (Wildman–Crippen MR) is 103 cm³/mol. The molecule has 1 aromatic rings. The lowest BCUT2D eigenvalue weighted by molar-refractivity contribution is -0.308. The Bertz CT molecular complexity index is 853. The van der Waals surface area contributed by atoms with Gasteiger partial charge in [-0.3, -0.25) is 4.90 Å². The third-order valence-electron chi connectivity index (χ3n) is 6.43. The molecule has 6 nitrogen and oxygen atoms in total. The van der Waals surface area contributed by atoms with Gasteiger partial charge < -0.3 is 19.1 Å². The summed E-state index contributed by atoms with van der Waals surface area (Å²) < 4.78 is 90.9. The van der Waals surface area contributed by atoms with Crippen LogP contribution in [0.5, 0.6) is 11.5 Å². The van der Waals surface area contributed by atoms with E-state index in [9.17, 15) is 31.1 Å². The zero-order valence-corrected chi connectivity index (χ0v) is 17.7. The van der Waals surface area contributed by atoms with Gasteiger partial charge in [-0.25, -0.2) is 4.79 Å². The third-order valence-corrected chi connectivity index (χ3v) is 6.43. The number of carbonyl (C=O) groups is 1. The minimum absolute atomic E-state index is 0.0547. The summed E-state index contributed by atoms with van der Waals surface area (Å²) in [4.78, 5) is 15.2. The predicted octanol–water partition coefficient (Wildman–Crippen LogP) is 4.38. The van der Waals surface area contributed by atoms with Crippen LogP contribution in [0.3, 0.4) is 0 Å². The number of hydrogen-bond donors (Lipinski definition) is 0. The van der Waals surface area contributed by atoms with Crippen molar-refractivity contribution in [2.45, 2.75) is 44.3 Å². The molecule has 184 valence electrons. The highest BCUT2D eigenvalue weighted by Gasteiger charge is 2.60. The van der Waals surface area contributed by atoms with E-state index in [1.165, 1.54) is 0 Å². The van der Waals surface area contributed by atoms with Gasteiger partial charge in [-0.05, 0) is 48.9 Å². The molecular formula is C21H24F6N2O4. The van der Waals surface area contributed by atoms with Gasteiger partial charge in [-0.1, -0.05) is 6.07 Å². The monoisotopic (exact) mass is 482 g/mol. The van der Waals surface area contributed by atoms with Crippen LogP contribution in [0.25, 0.3) is 0 Å². The molecule has 2 fully saturated rings. The van der Waals surface area contributed by atoms with Crippen LogP contribution in [0.2, 0.25) is 0 Å². The molecule has 0 radical (unpaired) electrons. The fraction of sp³-hybridized carbons (Fsp3) is 0.667. The maximum atomic E-state index is 12.7. The Morgan fingerprint density at radius 3 is 2.21 bits per heavy atom. The van der Waals surface area contributed by atoms with Crippen molar-refractivity contribution in [3.05, 3.63) is 23.8 Å². The minimum Gasteiger partial charge on any atom is -0.486 e. The van der Waals surface area contributed by atoms with Crippen LogP contribution in [0.15, 0.2) is 18.2 Å². The lowest BCUT2D eigenvalue weighted by atomic mass is 9.78. The summed E-state index contributed by atoms with van der Waals surface area (Å²) in [7, 11) is 0. The molecule has 33 heavy (non-hydrogen) atoms. The van der Waals surface area contributed by atoms with E-state index in [4.69, 9.17) is 9.47 Å². The highest BCUT2D eigenvalue weighted by molar-refractivity contribution is 5.68. The van der Waals surface area contributed by atoms with E-state index in [1.807, 2.05) is 18.2 Å². The van der Waals surface area contributed by atoms with E-state index in [0.29, 0.717) is 44.1 Å². The maximum Gasteiger partial charge on any atom is 0.434 e. The molecule has 0 aliphatic carbocycles. The second-order valence-corrected chi connectivity index (χ2v) is 8.77. The summed E-state index contributed by atoms with van der Waals surface area (Å²) in [5, 5.41) is 0. The van der Waals surface area contributed by atoms with Gasteiger partial charge in [0, 0.05) is 26.2 Å². The van der Waals surface area contributed by atoms with Crippen molar-refractivity contribution in [3.8, 4) is 11.5 Å². The van der Waals surface area contributed by atoms with Crippen molar-refractivity contribution >= 4 is 6.09 Å². The highest BCUT2D eigenvalue weighted by atomic mass is 19.4. The van der Waals surface area contributed by atoms with Gasteiger partial charge in [0.1, 0.15) is 13.2 Å². The van der Waals surface area contributed by atoms with Crippen LogP contribution in [0, 0.1) is 5.41 Å². The molecule has 3 aliphatic heterocycles. The molecule has 0 saturated carbocycles. The Hall–Kier alpha value is -2.37. The SMILES string of the molecule is O=C(OC(C(F)(F)F)C(F)(F)F)N1CCC2(CCN(Cc3ccc4c(c3)OCCO4)C2)CC1. The zero-order valence-electron chi connectivity index (χ0n) is 17.7. The first-order valence-electron chi connectivity index (χ1n) is 10.7. The van der Waals surface area contributed by atoms with E-state index in [2.05, 4.69) is 9.64 Å². The molecule has 1 amide bonds. The average Bonchev–Trinajstić information content (AvgIpc) is 3.12. The second-order valence-electron chi connectivity index (χ2n) is 8.77. The first kappa shape index (κ1) is 23.8. The first-order valence-corrected chi connectivity index (χ1v) is 10.7. The number of rotatable bonds is 3. The van der Waals surface area contributed by atoms with Crippen molar-refractivity contribution in [2.24, 2.45) is 5.41 Å². The van der Waals surface area contributed by atoms with Gasteiger partial charge in [0.05, 0.1) is 0 Å². The molecule has 3 heterocycles. The number of halogens is 6. The summed E-state index contributed by atoms with van der Waals surface area (Å²) in [6.45, 7) is 3.34. The molecule has 1 spiro atoms. The molecule has 3 aliphatic rings. The summed E-state index contributed by atoms with van der Waals surface area (Å²) in [6.07, 6.45) is -15.3. The van der Waals surface area contributed by atoms with Crippen molar-refractivity contribution in [2.75, 3.05) is 39.4 Å². The van der Waals surface area contributed by atoms with E-state index in [0.717, 1.165) is 30.0 Å². The van der Waals surface area contributed by atoms with Gasteiger partial charge in [-0.15, -0.1) is 0 Å². The Labute approximate surface area is 186 Å². The molecule has 0 N–H and O–H groups in total. The summed E-state index contributed by atoms with van der Waals surface area (Å²) in [6, 6.07) is 5.78. The van der Waals surface area contributed by atoms with Crippen LogP contribution in [0.1, 0.15) is 24.8 Å². The standard InChI is InChI=1S/C21H24F6N2O4/c22-20(23,24)17(21(25,26)27)33-18(30)29-7-4-19(5-8-29)3-6-28(13-19)12-14-1-2-15-16(11-14)32-10-9-31-15/h1-2,11,17H,3-10,12-13H2. The van der Waals surface area contributed by atoms with Gasteiger partial charge in [0.15, 0.2) is 11.5 Å². The van der Waals surface area contributed by atoms with Crippen molar-refractivity contribution < 1.29 is 45.3 Å². The van der Waals surface area contributed by atoms with Crippen molar-refractivity contribution in [3.63, 3.8) is 0 Å². The first-order chi connectivity index (χ1) is 15.5. The van der Waals surface area contributed by atoms with Gasteiger partial charge in [0.25, 0.3) is 6.10 Å². The van der Waals surface area contributed by atoms with Crippen molar-refractivity contribution in [1.82, 2.24) is 9.80 Å². The number of fused-ring (bicyclic) bond motifs is 1. The third kappa shape index (κ3) is 5.42. The quantitative estimate of drug-likeness (QED) is 0.599. The van der Waals surface area contributed by atoms with Gasteiger partial charge in [0.2, 0.25) is 0 Å². The normalized spacial score (nSPS) is 21.0. The fourth-order valence-corrected chi connectivity index (χ4v) is 4.67. The lowest BCUT2D eigenvalue weighted by Crippen LogP contribution is -2.50. The maximum absolute atomic E-state index is 12.7. The lowest BCUT2D eigenvalue weighted by Gasteiger charge is -2.39. The number of piperidine rings is 1. The topological polar surface area (TPSA) is 51.2 Å². The van der Waals surface area contributed by atoms with Gasteiger partial charge >= 0.3 is 18.4 Å². The summed E-state index contributed by atoms with van der Waals surface area (Å²) in [5.74, 6) is 1.41. The Morgan fingerprint density at radius 2 is 1.58 bits per heavy atom. The Morgan fingerprint density at radius 1 is 0.970 bits per heavy atom. The van der Waals surface area contributed by atoms with E-state index in [-0.39, 0.29) is 18.5 Å². The van der Waals surface area contributed by atoms with Crippen LogP contribution in [-0.4, -0.2) is 73.7 Å². The number of ether oxygens (including phenoxy) is 3. The zero-order chi connectivity index (χ0) is 23.9. The molecule has 4 rings (SSSR count).